The van der Waals surface area contributed by atoms with Gasteiger partial charge in [-0.1, -0.05) is 12.1 Å². The number of carboxylic acids is 1. The maximum atomic E-state index is 12.0. The number of hydrogen-bond donors (Lipinski definition) is 2. The van der Waals surface area contributed by atoms with Gasteiger partial charge < -0.3 is 15.2 Å². The van der Waals surface area contributed by atoms with E-state index in [9.17, 15) is 22.8 Å². The number of aliphatic carboxylic acids is 1. The van der Waals surface area contributed by atoms with Crippen molar-refractivity contribution >= 4 is 11.9 Å². The Balaban J connectivity index is 1.82. The molecule has 114 valence electrons. The Morgan fingerprint density at radius 1 is 1.24 bits per heavy atom. The maximum absolute atomic E-state index is 12.0. The van der Waals surface area contributed by atoms with Crippen LogP contribution in [-0.4, -0.2) is 23.3 Å². The van der Waals surface area contributed by atoms with Crippen molar-refractivity contribution in [1.82, 2.24) is 5.32 Å². The predicted octanol–water partition coefficient (Wildman–Crippen LogP) is 1.92. The van der Waals surface area contributed by atoms with Gasteiger partial charge in [0.25, 0.3) is 0 Å². The van der Waals surface area contributed by atoms with Gasteiger partial charge in [-0.05, 0) is 24.1 Å². The summed E-state index contributed by atoms with van der Waals surface area (Å²) in [5.41, 5.74) is 0.588. The normalized spacial score (nSPS) is 20.7. The zero-order valence-electron chi connectivity index (χ0n) is 10.7. The summed E-state index contributed by atoms with van der Waals surface area (Å²) >= 11 is 0. The van der Waals surface area contributed by atoms with E-state index >= 15 is 0 Å². The molecule has 1 amide bonds. The monoisotopic (exact) mass is 303 g/mol. The molecule has 0 heterocycles. The quantitative estimate of drug-likeness (QED) is 0.871. The van der Waals surface area contributed by atoms with E-state index in [1.54, 1.807) is 0 Å². The van der Waals surface area contributed by atoms with Crippen LogP contribution >= 0.6 is 0 Å². The van der Waals surface area contributed by atoms with Gasteiger partial charge in [-0.2, -0.15) is 0 Å². The molecule has 0 bridgehead atoms. The molecule has 2 atom stereocenters. The van der Waals surface area contributed by atoms with Crippen molar-refractivity contribution in [3.63, 3.8) is 0 Å². The highest BCUT2D eigenvalue weighted by Gasteiger charge is 2.48. The fraction of sp³-hybridized carbons (Fsp3) is 0.385. The summed E-state index contributed by atoms with van der Waals surface area (Å²) in [7, 11) is 0. The summed E-state index contributed by atoms with van der Waals surface area (Å²) in [6, 6.07) is 5.07. The lowest BCUT2D eigenvalue weighted by atomic mass is 10.2. The minimum absolute atomic E-state index is 0.119. The number of ether oxygens (including phenoxy) is 1. The van der Waals surface area contributed by atoms with E-state index in [1.165, 1.54) is 12.1 Å². The highest BCUT2D eigenvalue weighted by Crippen LogP contribution is 2.38. The average Bonchev–Trinajstić information content (AvgIpc) is 3.16. The molecule has 21 heavy (non-hydrogen) atoms. The first-order valence-corrected chi connectivity index (χ1v) is 6.11. The molecule has 1 aromatic rings. The number of alkyl halides is 3. The second kappa shape index (κ2) is 5.63. The molecule has 1 aromatic carbocycles. The molecule has 8 heteroatoms. The molecule has 2 N–H and O–H groups in total. The molecule has 1 saturated carbocycles. The number of amides is 1. The first-order valence-electron chi connectivity index (χ1n) is 6.11. The zero-order valence-corrected chi connectivity index (χ0v) is 10.7. The largest absolute Gasteiger partial charge is 0.573 e. The van der Waals surface area contributed by atoms with Gasteiger partial charge in [0, 0.05) is 6.54 Å². The van der Waals surface area contributed by atoms with Crippen LogP contribution in [0.4, 0.5) is 13.2 Å². The minimum atomic E-state index is -4.74. The standard InChI is InChI=1S/C13H12F3NO4/c14-13(15,16)21-8-3-1-7(2-4-8)6-17-11(18)9-5-10(9)12(19)20/h1-4,9-10H,5-6H2,(H,17,18)(H,19,20). The smallest absolute Gasteiger partial charge is 0.481 e. The third-order valence-corrected chi connectivity index (χ3v) is 3.07. The molecule has 5 nitrogen and oxygen atoms in total. The lowest BCUT2D eigenvalue weighted by Crippen LogP contribution is -2.25. The Morgan fingerprint density at radius 3 is 2.33 bits per heavy atom. The van der Waals surface area contributed by atoms with Gasteiger partial charge in [0.2, 0.25) is 5.91 Å². The van der Waals surface area contributed by atoms with Gasteiger partial charge in [-0.3, -0.25) is 9.59 Å². The fourth-order valence-electron chi connectivity index (χ4n) is 1.89. The topological polar surface area (TPSA) is 75.6 Å². The number of nitrogens with one attached hydrogen (secondary N) is 1. The van der Waals surface area contributed by atoms with Gasteiger partial charge in [0.15, 0.2) is 0 Å². The van der Waals surface area contributed by atoms with Gasteiger partial charge >= 0.3 is 12.3 Å². The van der Waals surface area contributed by atoms with Crippen molar-refractivity contribution in [3.05, 3.63) is 29.8 Å². The number of halogens is 3. The van der Waals surface area contributed by atoms with E-state index in [1.807, 2.05) is 0 Å². The van der Waals surface area contributed by atoms with Crippen LogP contribution in [-0.2, 0) is 16.1 Å². The molecule has 0 radical (unpaired) electrons. The van der Waals surface area contributed by atoms with Crippen LogP contribution in [0, 0.1) is 11.8 Å². The summed E-state index contributed by atoms with van der Waals surface area (Å²) in [4.78, 5) is 22.2. The molecule has 1 aliphatic rings. The zero-order chi connectivity index (χ0) is 15.6. The van der Waals surface area contributed by atoms with Crippen LogP contribution in [0.25, 0.3) is 0 Å². The number of carbonyl (C=O) groups excluding carboxylic acids is 1. The van der Waals surface area contributed by atoms with E-state index in [4.69, 9.17) is 5.11 Å². The van der Waals surface area contributed by atoms with Crippen molar-refractivity contribution in [3.8, 4) is 5.75 Å². The van der Waals surface area contributed by atoms with Crippen molar-refractivity contribution in [2.45, 2.75) is 19.3 Å². The van der Waals surface area contributed by atoms with Crippen LogP contribution in [0.15, 0.2) is 24.3 Å². The molecule has 0 spiro atoms. The van der Waals surface area contributed by atoms with E-state index in [0.29, 0.717) is 12.0 Å². The first kappa shape index (κ1) is 15.1. The average molecular weight is 303 g/mol. The van der Waals surface area contributed by atoms with Gasteiger partial charge in [-0.15, -0.1) is 13.2 Å². The van der Waals surface area contributed by atoms with Gasteiger partial charge in [0.1, 0.15) is 5.75 Å². The maximum Gasteiger partial charge on any atom is 0.573 e. The molecule has 2 rings (SSSR count). The van der Waals surface area contributed by atoms with Crippen LogP contribution in [0.1, 0.15) is 12.0 Å². The third-order valence-electron chi connectivity index (χ3n) is 3.07. The second-order valence-electron chi connectivity index (χ2n) is 4.70. The summed E-state index contributed by atoms with van der Waals surface area (Å²) in [6.45, 7) is 0.119. The van der Waals surface area contributed by atoms with E-state index < -0.39 is 24.2 Å². The summed E-state index contributed by atoms with van der Waals surface area (Å²) in [6.07, 6.45) is -4.42. The molecule has 0 aliphatic heterocycles. The summed E-state index contributed by atoms with van der Waals surface area (Å²) in [5, 5.41) is 11.2. The lowest BCUT2D eigenvalue weighted by molar-refractivity contribution is -0.274. The van der Waals surface area contributed by atoms with Crippen molar-refractivity contribution in [2.24, 2.45) is 11.8 Å². The third kappa shape index (κ3) is 4.37. The van der Waals surface area contributed by atoms with Crippen molar-refractivity contribution < 1.29 is 32.6 Å². The Morgan fingerprint density at radius 2 is 1.86 bits per heavy atom. The molecule has 0 aromatic heterocycles. The highest BCUT2D eigenvalue weighted by atomic mass is 19.4. The Labute approximate surface area is 117 Å². The van der Waals surface area contributed by atoms with E-state index in [0.717, 1.165) is 12.1 Å². The molecule has 0 saturated heterocycles. The first-order chi connectivity index (χ1) is 9.76. The second-order valence-corrected chi connectivity index (χ2v) is 4.70. The number of rotatable bonds is 5. The number of benzene rings is 1. The minimum Gasteiger partial charge on any atom is -0.481 e. The Bertz CT molecular complexity index is 541. The van der Waals surface area contributed by atoms with Crippen LogP contribution in [0.2, 0.25) is 0 Å². The van der Waals surface area contributed by atoms with Gasteiger partial charge in [0.05, 0.1) is 11.8 Å². The van der Waals surface area contributed by atoms with Crippen molar-refractivity contribution in [1.29, 1.82) is 0 Å². The van der Waals surface area contributed by atoms with Gasteiger partial charge in [-0.25, -0.2) is 0 Å². The van der Waals surface area contributed by atoms with E-state index in [-0.39, 0.29) is 18.2 Å². The van der Waals surface area contributed by atoms with E-state index in [2.05, 4.69) is 10.1 Å². The Hall–Kier alpha value is -2.25. The number of hydrogen-bond acceptors (Lipinski definition) is 3. The molecular formula is C13H12F3NO4. The number of carboxylic acid groups (broad SMARTS) is 1. The molecule has 1 fully saturated rings. The summed E-state index contributed by atoms with van der Waals surface area (Å²) in [5.74, 6) is -2.85. The van der Waals surface area contributed by atoms with Crippen LogP contribution in [0.5, 0.6) is 5.75 Å². The highest BCUT2D eigenvalue weighted by molar-refractivity contribution is 5.89. The van der Waals surface area contributed by atoms with Crippen molar-refractivity contribution in [2.75, 3.05) is 0 Å². The van der Waals surface area contributed by atoms with Crippen LogP contribution < -0.4 is 10.1 Å². The Kier molecular flexibility index (Phi) is 4.06. The number of carbonyl (C=O) groups is 2. The fourth-order valence-corrected chi connectivity index (χ4v) is 1.89. The summed E-state index contributed by atoms with van der Waals surface area (Å²) < 4.78 is 39.6. The molecular weight excluding hydrogens is 291 g/mol. The SMILES string of the molecule is O=C(O)C1CC1C(=O)NCc1ccc(OC(F)(F)F)cc1. The van der Waals surface area contributed by atoms with Crippen LogP contribution in [0.3, 0.4) is 0 Å². The predicted molar refractivity (Wildman–Crippen MR) is 64.2 cm³/mol. The molecule has 1 aliphatic carbocycles. The lowest BCUT2D eigenvalue weighted by Gasteiger charge is -2.09. The molecule has 2 unspecified atom stereocenters.